The van der Waals surface area contributed by atoms with E-state index in [1.807, 2.05) is 6.92 Å². The second-order valence-corrected chi connectivity index (χ2v) is 17.8. The van der Waals surface area contributed by atoms with Gasteiger partial charge in [0, 0.05) is 36.3 Å². The van der Waals surface area contributed by atoms with Gasteiger partial charge in [-0.15, -0.1) is 11.3 Å². The quantitative estimate of drug-likeness (QED) is 0.278. The van der Waals surface area contributed by atoms with Gasteiger partial charge >= 0.3 is 6.09 Å². The van der Waals surface area contributed by atoms with E-state index >= 15 is 0 Å². The van der Waals surface area contributed by atoms with E-state index in [9.17, 15) is 22.7 Å². The van der Waals surface area contributed by atoms with Gasteiger partial charge < -0.3 is 34.7 Å². The number of rotatable bonds is 13. The van der Waals surface area contributed by atoms with E-state index in [4.69, 9.17) is 18.9 Å². The third-order valence-electron chi connectivity index (χ3n) is 10.6. The molecule has 4 saturated heterocycles. The first-order chi connectivity index (χ1) is 24.0. The van der Waals surface area contributed by atoms with Crippen molar-refractivity contribution in [2.75, 3.05) is 38.2 Å². The van der Waals surface area contributed by atoms with Crippen molar-refractivity contribution < 1.29 is 41.7 Å². The summed E-state index contributed by atoms with van der Waals surface area (Å²) in [7, 11) is -4.06. The number of hydrogen-bond donors (Lipinski definition) is 3. The summed E-state index contributed by atoms with van der Waals surface area (Å²) in [6.07, 6.45) is 6.19. The zero-order chi connectivity index (χ0) is 34.6. The van der Waals surface area contributed by atoms with Crippen molar-refractivity contribution in [3.05, 3.63) is 63.3 Å². The van der Waals surface area contributed by atoms with E-state index < -0.39 is 46.5 Å². The number of allylic oxidation sites excluding steroid dienone is 2. The summed E-state index contributed by atoms with van der Waals surface area (Å²) in [6, 6.07) is 5.29. The molecule has 6 fully saturated rings. The average molecular weight is 731 g/mol. The number of amides is 1. The second-order valence-electron chi connectivity index (χ2n) is 14.8. The van der Waals surface area contributed by atoms with Gasteiger partial charge in [0.1, 0.15) is 18.0 Å². The predicted octanol–water partition coefficient (Wildman–Crippen LogP) is 3.83. The number of sulfonamides is 1. The van der Waals surface area contributed by atoms with Gasteiger partial charge in [-0.05, 0) is 67.4 Å². The molecule has 50 heavy (non-hydrogen) atoms. The summed E-state index contributed by atoms with van der Waals surface area (Å²) in [5, 5.41) is 18.9. The van der Waals surface area contributed by atoms with Crippen molar-refractivity contribution in [1.29, 1.82) is 0 Å². The van der Waals surface area contributed by atoms with Gasteiger partial charge in [-0.1, -0.05) is 25.1 Å². The molecule has 7 aliphatic rings. The molecule has 3 N–H and O–H groups in total. The highest BCUT2D eigenvalue weighted by atomic mass is 32.2. The van der Waals surface area contributed by atoms with Gasteiger partial charge in [-0.25, -0.2) is 22.6 Å². The molecule has 15 heteroatoms. The molecule has 1 aromatic carbocycles. The molecule has 0 radical (unpaired) electrons. The zero-order valence-corrected chi connectivity index (χ0v) is 29.5. The number of nitrogens with one attached hydrogen (secondary N) is 2. The van der Waals surface area contributed by atoms with Crippen LogP contribution in [0.4, 0.5) is 14.3 Å². The molecule has 7 atom stereocenters. The Kier molecular flexibility index (Phi) is 9.27. The van der Waals surface area contributed by atoms with E-state index in [2.05, 4.69) is 15.6 Å². The van der Waals surface area contributed by atoms with Crippen molar-refractivity contribution >= 4 is 38.7 Å². The molecule has 5 heterocycles. The van der Waals surface area contributed by atoms with Gasteiger partial charge in [0.25, 0.3) is 0 Å². The predicted molar refractivity (Wildman–Crippen MR) is 183 cm³/mol. The molecular weight excluding hydrogens is 688 g/mol. The van der Waals surface area contributed by atoms with E-state index in [0.29, 0.717) is 37.8 Å². The highest BCUT2D eigenvalue weighted by molar-refractivity contribution is 7.93. The van der Waals surface area contributed by atoms with Crippen molar-refractivity contribution in [3.63, 3.8) is 0 Å². The van der Waals surface area contributed by atoms with Gasteiger partial charge in [-0.2, -0.15) is 4.31 Å². The summed E-state index contributed by atoms with van der Waals surface area (Å²) in [4.78, 5) is 19.3. The molecule has 6 unspecified atom stereocenters. The lowest BCUT2D eigenvalue weighted by atomic mass is 9.87. The number of fused-ring (bicyclic) bond motifs is 3. The van der Waals surface area contributed by atoms with Crippen LogP contribution < -0.4 is 10.6 Å². The van der Waals surface area contributed by atoms with Gasteiger partial charge in [0.2, 0.25) is 10.0 Å². The SMILES string of the molecule is CC1(CN(C[C@@H](O)C(Cc2ccc(F)cc2)NC(=O)OC2C3COC4OCC2C4OC3)S(=O)(=O)C2=CCc3sc(NC4CC4)nc3C=C2)CC1. The molecule has 9 rings (SSSR count). The number of nitrogens with zero attached hydrogens (tertiary/aromatic N) is 2. The van der Waals surface area contributed by atoms with E-state index in [1.54, 1.807) is 30.4 Å². The molecule has 270 valence electrons. The maximum atomic E-state index is 14.3. The number of hydrogen-bond acceptors (Lipinski definition) is 11. The molecule has 3 aliphatic carbocycles. The Labute approximate surface area is 295 Å². The van der Waals surface area contributed by atoms with Crippen LogP contribution in [-0.4, -0.2) is 98.5 Å². The molecule has 12 nitrogen and oxygen atoms in total. The first-order valence-corrected chi connectivity index (χ1v) is 19.7. The molecular formula is C35H43FN4O8S2. The molecule has 4 aliphatic heterocycles. The topological polar surface area (TPSA) is 149 Å². The summed E-state index contributed by atoms with van der Waals surface area (Å²) < 4.78 is 67.2. The monoisotopic (exact) mass is 730 g/mol. The average Bonchev–Trinajstić information content (AvgIpc) is 4.00. The number of aromatic nitrogens is 1. The summed E-state index contributed by atoms with van der Waals surface area (Å²) in [5.74, 6) is -0.768. The van der Waals surface area contributed by atoms with Gasteiger partial charge in [0.15, 0.2) is 11.4 Å². The maximum absolute atomic E-state index is 14.3. The Morgan fingerprint density at radius 2 is 1.92 bits per heavy atom. The minimum Gasteiger partial charge on any atom is -0.445 e. The Morgan fingerprint density at radius 3 is 2.68 bits per heavy atom. The molecule has 0 spiro atoms. The van der Waals surface area contributed by atoms with Crippen LogP contribution in [0, 0.1) is 23.1 Å². The normalized spacial score (nSPS) is 29.0. The third-order valence-corrected chi connectivity index (χ3v) is 13.5. The van der Waals surface area contributed by atoms with E-state index in [1.165, 1.54) is 27.8 Å². The smallest absolute Gasteiger partial charge is 0.407 e. The Balaban J connectivity index is 1.00. The van der Waals surface area contributed by atoms with Crippen LogP contribution in [0.5, 0.6) is 0 Å². The fourth-order valence-electron chi connectivity index (χ4n) is 7.16. The number of carbonyl (C=O) groups excluding carboxylic acids is 1. The highest BCUT2D eigenvalue weighted by Gasteiger charge is 2.54. The molecule has 2 aromatic rings. The number of benzene rings is 1. The van der Waals surface area contributed by atoms with Crippen LogP contribution in [0.2, 0.25) is 0 Å². The zero-order valence-electron chi connectivity index (χ0n) is 27.8. The number of ether oxygens (including phenoxy) is 4. The van der Waals surface area contributed by atoms with Crippen molar-refractivity contribution in [1.82, 2.24) is 14.6 Å². The lowest BCUT2D eigenvalue weighted by Crippen LogP contribution is -2.53. The van der Waals surface area contributed by atoms with Crippen molar-refractivity contribution in [2.45, 2.75) is 82.1 Å². The van der Waals surface area contributed by atoms with Crippen LogP contribution in [0.3, 0.4) is 0 Å². The molecule has 1 amide bonds. The van der Waals surface area contributed by atoms with E-state index in [0.717, 1.165) is 41.4 Å². The van der Waals surface area contributed by atoms with Gasteiger partial charge in [-0.3, -0.25) is 0 Å². The first-order valence-electron chi connectivity index (χ1n) is 17.4. The number of anilines is 1. The highest BCUT2D eigenvalue weighted by Crippen LogP contribution is 2.46. The lowest BCUT2D eigenvalue weighted by molar-refractivity contribution is -0.142. The maximum Gasteiger partial charge on any atom is 0.407 e. The van der Waals surface area contributed by atoms with Crippen LogP contribution in [-0.2, 0) is 41.8 Å². The lowest BCUT2D eigenvalue weighted by Gasteiger charge is -2.36. The van der Waals surface area contributed by atoms with Gasteiger partial charge in [0.05, 0.1) is 48.5 Å². The third kappa shape index (κ3) is 7.36. The molecule has 4 bridgehead atoms. The number of thiazole rings is 1. The van der Waals surface area contributed by atoms with Crippen LogP contribution >= 0.6 is 11.3 Å². The number of alkyl carbamates (subject to hydrolysis) is 1. The van der Waals surface area contributed by atoms with Crippen molar-refractivity contribution in [2.24, 2.45) is 17.3 Å². The summed E-state index contributed by atoms with van der Waals surface area (Å²) in [5.41, 5.74) is 1.20. The first kappa shape index (κ1) is 34.2. The fraction of sp³-hybridized carbons (Fsp3) is 0.600. The second kappa shape index (κ2) is 13.6. The Morgan fingerprint density at radius 1 is 1.16 bits per heavy atom. The van der Waals surface area contributed by atoms with Crippen LogP contribution in [0.25, 0.3) is 6.08 Å². The van der Waals surface area contributed by atoms with Crippen LogP contribution in [0.1, 0.15) is 48.7 Å². The Bertz CT molecular complexity index is 1760. The Hall–Kier alpha value is -2.92. The number of halogens is 1. The van der Waals surface area contributed by atoms with E-state index in [-0.39, 0.29) is 47.8 Å². The number of aliphatic hydroxyl groups is 1. The minimum atomic E-state index is -4.06. The largest absolute Gasteiger partial charge is 0.445 e. The molecule has 1 aromatic heterocycles. The van der Waals surface area contributed by atoms with Crippen LogP contribution in [0.15, 0.2) is 41.3 Å². The number of aliphatic hydroxyl groups excluding tert-OH is 1. The number of carbonyl (C=O) groups is 1. The fourth-order valence-corrected chi connectivity index (χ4v) is 9.81. The molecule has 2 saturated carbocycles. The summed E-state index contributed by atoms with van der Waals surface area (Å²) >= 11 is 1.54. The standard InChI is InChI=1S/C35H43FN4O8S2/c1-35(12-13-35)19-40(50(43,44)24-8-10-26-29(11-9-24)49-33(38-26)37-23-6-7-23)15-28(41)27(14-20-2-4-22(36)5-3-20)39-34(42)48-30-21-16-45-31-25(30)18-47-32(31)46-17-21/h2-5,8-10,21,23,25,27-28,30-32,41H,6-7,11-19H2,1H3,(H,37,38)(H,39,42)/t21?,25?,27?,28-,30?,31?,32?/m1/s1. The summed E-state index contributed by atoms with van der Waals surface area (Å²) in [6.45, 7) is 3.02. The van der Waals surface area contributed by atoms with Crippen molar-refractivity contribution in [3.8, 4) is 0 Å². The minimum absolute atomic E-state index is 0.116.